The van der Waals surface area contributed by atoms with Gasteiger partial charge in [0.05, 0.1) is 12.8 Å². The van der Waals surface area contributed by atoms with Gasteiger partial charge in [-0.3, -0.25) is 9.59 Å². The lowest BCUT2D eigenvalue weighted by atomic mass is 10.1. The second-order valence-corrected chi connectivity index (χ2v) is 11.5. The van der Waals surface area contributed by atoms with Crippen LogP contribution in [0.5, 0.6) is 0 Å². The highest BCUT2D eigenvalue weighted by Crippen LogP contribution is 2.20. The Hall–Kier alpha value is -2.52. The van der Waals surface area contributed by atoms with E-state index in [1.54, 1.807) is 12.1 Å². The third-order valence-electron chi connectivity index (χ3n) is 5.44. The standard InChI is InChI=1S/C26H24Cl2N4O2S2/c27-21-9-3-1-7-17(21)13-19(33)15-25-31-29-23(35-25)11-5-6-12-24-30-32-26(36-24)16-20(34)14-18-8-2-4-10-22(18)28/h1-4,7-10H,5-6,11-16H2. The molecule has 2 aromatic carbocycles. The zero-order valence-corrected chi connectivity index (χ0v) is 22.6. The Morgan fingerprint density at radius 3 is 1.39 bits per heavy atom. The number of nitrogens with zero attached hydrogens (tertiary/aromatic N) is 4. The maximum Gasteiger partial charge on any atom is 0.144 e. The van der Waals surface area contributed by atoms with Crippen molar-refractivity contribution >= 4 is 57.4 Å². The molecule has 0 fully saturated rings. The number of aromatic nitrogens is 4. The molecule has 36 heavy (non-hydrogen) atoms. The molecule has 2 heterocycles. The van der Waals surface area contributed by atoms with Crippen molar-refractivity contribution in [3.63, 3.8) is 0 Å². The summed E-state index contributed by atoms with van der Waals surface area (Å²) in [6, 6.07) is 14.8. The van der Waals surface area contributed by atoms with Crippen molar-refractivity contribution < 1.29 is 9.59 Å². The number of halogens is 2. The molecular weight excluding hydrogens is 535 g/mol. The maximum absolute atomic E-state index is 12.4. The highest BCUT2D eigenvalue weighted by Gasteiger charge is 2.13. The quantitative estimate of drug-likeness (QED) is 0.188. The van der Waals surface area contributed by atoms with E-state index in [0.717, 1.165) is 56.8 Å². The number of rotatable bonds is 13. The average Bonchev–Trinajstić information content (AvgIpc) is 3.49. The van der Waals surface area contributed by atoms with Crippen LogP contribution in [0.2, 0.25) is 10.0 Å². The maximum atomic E-state index is 12.4. The van der Waals surface area contributed by atoms with Gasteiger partial charge in [-0.1, -0.05) is 59.6 Å². The van der Waals surface area contributed by atoms with E-state index in [9.17, 15) is 9.59 Å². The second-order valence-electron chi connectivity index (χ2n) is 8.35. The van der Waals surface area contributed by atoms with Crippen LogP contribution >= 0.6 is 45.9 Å². The third kappa shape index (κ3) is 8.00. The van der Waals surface area contributed by atoms with Gasteiger partial charge in [0.1, 0.15) is 31.6 Å². The number of carbonyl (C=O) groups is 2. The lowest BCUT2D eigenvalue weighted by Gasteiger charge is -2.01. The molecule has 0 aliphatic heterocycles. The molecule has 0 aliphatic carbocycles. The first-order valence-corrected chi connectivity index (χ1v) is 14.0. The van der Waals surface area contributed by atoms with Gasteiger partial charge >= 0.3 is 0 Å². The molecular formula is C26H24Cl2N4O2S2. The van der Waals surface area contributed by atoms with Gasteiger partial charge in [0.15, 0.2) is 0 Å². The first-order chi connectivity index (χ1) is 17.5. The van der Waals surface area contributed by atoms with E-state index in [1.807, 2.05) is 36.4 Å². The minimum atomic E-state index is 0.0724. The summed E-state index contributed by atoms with van der Waals surface area (Å²) in [4.78, 5) is 24.8. The zero-order valence-electron chi connectivity index (χ0n) is 19.5. The summed E-state index contributed by atoms with van der Waals surface area (Å²) < 4.78 is 0. The van der Waals surface area contributed by atoms with Gasteiger partial charge < -0.3 is 0 Å². The van der Waals surface area contributed by atoms with E-state index in [1.165, 1.54) is 22.7 Å². The Kier molecular flexibility index (Phi) is 9.69. The number of Topliss-reactive ketones (excluding diaryl/α,β-unsaturated/α-hetero) is 2. The van der Waals surface area contributed by atoms with Crippen molar-refractivity contribution in [2.45, 2.75) is 51.4 Å². The summed E-state index contributed by atoms with van der Waals surface area (Å²) in [5, 5.41) is 21.4. The Labute approximate surface area is 227 Å². The van der Waals surface area contributed by atoms with Gasteiger partial charge in [0.25, 0.3) is 0 Å². The minimum Gasteiger partial charge on any atom is -0.299 e. The fraction of sp³-hybridized carbons (Fsp3) is 0.308. The van der Waals surface area contributed by atoms with Crippen LogP contribution < -0.4 is 0 Å². The van der Waals surface area contributed by atoms with Crippen LogP contribution in [0, 0.1) is 0 Å². The van der Waals surface area contributed by atoms with Gasteiger partial charge in [-0.15, -0.1) is 43.1 Å². The normalized spacial score (nSPS) is 11.1. The fourth-order valence-electron chi connectivity index (χ4n) is 3.64. The van der Waals surface area contributed by atoms with Crippen LogP contribution in [-0.2, 0) is 48.1 Å². The Morgan fingerprint density at radius 1 is 0.583 bits per heavy atom. The lowest BCUT2D eigenvalue weighted by Crippen LogP contribution is -2.06. The molecule has 0 amide bonds. The van der Waals surface area contributed by atoms with E-state index in [0.29, 0.717) is 22.9 Å². The number of hydrogen-bond donors (Lipinski definition) is 0. The molecule has 0 aliphatic rings. The predicted molar refractivity (Wildman–Crippen MR) is 144 cm³/mol. The van der Waals surface area contributed by atoms with Gasteiger partial charge in [-0.25, -0.2) is 0 Å². The minimum absolute atomic E-state index is 0.0724. The highest BCUT2D eigenvalue weighted by atomic mass is 35.5. The van der Waals surface area contributed by atoms with Crippen LogP contribution in [0.1, 0.15) is 44.0 Å². The van der Waals surface area contributed by atoms with Crippen molar-refractivity contribution in [2.75, 3.05) is 0 Å². The molecule has 0 atom stereocenters. The molecule has 4 rings (SSSR count). The van der Waals surface area contributed by atoms with Crippen molar-refractivity contribution in [1.29, 1.82) is 0 Å². The highest BCUT2D eigenvalue weighted by molar-refractivity contribution is 7.11. The Morgan fingerprint density at radius 2 is 0.972 bits per heavy atom. The van der Waals surface area contributed by atoms with E-state index in [4.69, 9.17) is 23.2 Å². The number of aryl methyl sites for hydroxylation is 2. The summed E-state index contributed by atoms with van der Waals surface area (Å²) in [6.07, 6.45) is 4.60. The molecule has 2 aromatic heterocycles. The van der Waals surface area contributed by atoms with E-state index >= 15 is 0 Å². The van der Waals surface area contributed by atoms with Gasteiger partial charge in [0.2, 0.25) is 0 Å². The van der Waals surface area contributed by atoms with Gasteiger partial charge in [0, 0.05) is 35.7 Å². The number of hydrogen-bond acceptors (Lipinski definition) is 8. The van der Waals surface area contributed by atoms with E-state index in [-0.39, 0.29) is 24.4 Å². The number of ketones is 2. The topological polar surface area (TPSA) is 85.7 Å². The summed E-state index contributed by atoms with van der Waals surface area (Å²) in [6.45, 7) is 0. The van der Waals surface area contributed by atoms with E-state index in [2.05, 4.69) is 20.4 Å². The van der Waals surface area contributed by atoms with E-state index < -0.39 is 0 Å². The summed E-state index contributed by atoms with van der Waals surface area (Å²) >= 11 is 15.3. The van der Waals surface area contributed by atoms with Crippen molar-refractivity contribution in [2.24, 2.45) is 0 Å². The first-order valence-electron chi connectivity index (χ1n) is 11.6. The van der Waals surface area contributed by atoms with Crippen molar-refractivity contribution in [1.82, 2.24) is 20.4 Å². The van der Waals surface area contributed by atoms with Crippen molar-refractivity contribution in [3.05, 3.63) is 89.7 Å². The molecule has 0 bridgehead atoms. The molecule has 4 aromatic rings. The predicted octanol–water partition coefficient (Wildman–Crippen LogP) is 5.97. The third-order valence-corrected chi connectivity index (χ3v) is 8.14. The fourth-order valence-corrected chi connectivity index (χ4v) is 5.88. The Bertz CT molecular complexity index is 1240. The number of benzene rings is 2. The van der Waals surface area contributed by atoms with Gasteiger partial charge in [-0.05, 0) is 36.1 Å². The molecule has 0 spiro atoms. The smallest absolute Gasteiger partial charge is 0.144 e. The summed E-state index contributed by atoms with van der Waals surface area (Å²) in [7, 11) is 0. The zero-order chi connectivity index (χ0) is 25.3. The Balaban J connectivity index is 1.16. The van der Waals surface area contributed by atoms with Crippen LogP contribution in [0.15, 0.2) is 48.5 Å². The molecule has 10 heteroatoms. The molecule has 0 N–H and O–H groups in total. The van der Waals surface area contributed by atoms with Gasteiger partial charge in [-0.2, -0.15) is 0 Å². The van der Waals surface area contributed by atoms with Crippen LogP contribution in [0.25, 0.3) is 0 Å². The number of carbonyl (C=O) groups excluding carboxylic acids is 2. The second kappa shape index (κ2) is 13.1. The number of unbranched alkanes of at least 4 members (excludes halogenated alkanes) is 1. The molecule has 186 valence electrons. The molecule has 0 unspecified atom stereocenters. The average molecular weight is 560 g/mol. The summed E-state index contributed by atoms with van der Waals surface area (Å²) in [5.41, 5.74) is 1.66. The first kappa shape index (κ1) is 26.5. The molecule has 0 saturated carbocycles. The van der Waals surface area contributed by atoms with Crippen LogP contribution in [0.4, 0.5) is 0 Å². The molecule has 0 saturated heterocycles. The largest absolute Gasteiger partial charge is 0.299 e. The molecule has 0 radical (unpaired) electrons. The SMILES string of the molecule is O=C(Cc1nnc(CCCCc2nnc(CC(=O)Cc3ccccc3Cl)s2)s1)Cc1ccccc1Cl. The lowest BCUT2D eigenvalue weighted by molar-refractivity contribution is -0.118. The monoisotopic (exact) mass is 558 g/mol. The van der Waals surface area contributed by atoms with Crippen molar-refractivity contribution in [3.8, 4) is 0 Å². The molecule has 6 nitrogen and oxygen atoms in total. The summed E-state index contributed by atoms with van der Waals surface area (Å²) in [5.74, 6) is 0.145. The van der Waals surface area contributed by atoms with Crippen LogP contribution in [0.3, 0.4) is 0 Å². The van der Waals surface area contributed by atoms with Crippen LogP contribution in [-0.4, -0.2) is 32.0 Å².